The molecule has 6 nitrogen and oxygen atoms in total. The smallest absolute Gasteiger partial charge is 0.137 e. The number of ether oxygens (including phenoxy) is 1. The van der Waals surface area contributed by atoms with Gasteiger partial charge in [-0.05, 0) is 37.8 Å². The molecule has 2 saturated heterocycles. The van der Waals surface area contributed by atoms with E-state index in [1.807, 2.05) is 24.8 Å². The molecular weight excluding hydrogens is 326 g/mol. The standard InChI is InChI=1S/C20H29N5O/c1-24-13-10-22-20(24)19-16(3-2-14-26-19)15-23-17-6-11-25(12-7-17)18-4-8-21-9-5-18/h4-5,8-10,13,16-17,19,23H,2-3,6-7,11-12,14-15H2,1H3. The number of nitrogens with one attached hydrogen (secondary N) is 1. The minimum absolute atomic E-state index is 0.119. The van der Waals surface area contributed by atoms with Gasteiger partial charge in [0, 0.05) is 75.7 Å². The zero-order chi connectivity index (χ0) is 17.8. The second-order valence-electron chi connectivity index (χ2n) is 7.47. The number of piperidine rings is 1. The second kappa shape index (κ2) is 8.18. The summed E-state index contributed by atoms with van der Waals surface area (Å²) in [6.45, 7) is 4.06. The first-order valence-electron chi connectivity index (χ1n) is 9.78. The van der Waals surface area contributed by atoms with E-state index < -0.39 is 0 Å². The lowest BCUT2D eigenvalue weighted by molar-refractivity contribution is -0.0351. The van der Waals surface area contributed by atoms with E-state index in [0.29, 0.717) is 12.0 Å². The molecule has 140 valence electrons. The number of rotatable bonds is 5. The summed E-state index contributed by atoms with van der Waals surface area (Å²) in [4.78, 5) is 11.1. The van der Waals surface area contributed by atoms with Gasteiger partial charge < -0.3 is 19.5 Å². The molecule has 6 heteroatoms. The zero-order valence-electron chi connectivity index (χ0n) is 15.6. The van der Waals surface area contributed by atoms with Gasteiger partial charge in [-0.25, -0.2) is 4.98 Å². The summed E-state index contributed by atoms with van der Waals surface area (Å²) in [5, 5.41) is 3.82. The first kappa shape index (κ1) is 17.5. The van der Waals surface area contributed by atoms with Gasteiger partial charge in [-0.15, -0.1) is 0 Å². The predicted molar refractivity (Wildman–Crippen MR) is 102 cm³/mol. The second-order valence-corrected chi connectivity index (χ2v) is 7.47. The number of nitrogens with zero attached hydrogens (tertiary/aromatic N) is 4. The summed E-state index contributed by atoms with van der Waals surface area (Å²) in [5.41, 5.74) is 1.29. The van der Waals surface area contributed by atoms with Gasteiger partial charge in [0.25, 0.3) is 0 Å². The lowest BCUT2D eigenvalue weighted by Crippen LogP contribution is -2.45. The van der Waals surface area contributed by atoms with Crippen molar-refractivity contribution < 1.29 is 4.74 Å². The molecule has 2 unspecified atom stereocenters. The fourth-order valence-electron chi connectivity index (χ4n) is 4.20. The molecule has 1 N–H and O–H groups in total. The van der Waals surface area contributed by atoms with E-state index in [4.69, 9.17) is 4.74 Å². The predicted octanol–water partition coefficient (Wildman–Crippen LogP) is 2.54. The molecule has 2 aromatic rings. The quantitative estimate of drug-likeness (QED) is 0.893. The van der Waals surface area contributed by atoms with Crippen molar-refractivity contribution in [3.63, 3.8) is 0 Å². The van der Waals surface area contributed by atoms with E-state index in [-0.39, 0.29) is 6.10 Å². The van der Waals surface area contributed by atoms with Crippen LogP contribution in [0.3, 0.4) is 0 Å². The van der Waals surface area contributed by atoms with Crippen LogP contribution in [0.5, 0.6) is 0 Å². The van der Waals surface area contributed by atoms with Crippen molar-refractivity contribution in [3.8, 4) is 0 Å². The monoisotopic (exact) mass is 355 g/mol. The van der Waals surface area contributed by atoms with Crippen LogP contribution in [0.4, 0.5) is 5.69 Å². The van der Waals surface area contributed by atoms with Crippen molar-refractivity contribution in [1.29, 1.82) is 0 Å². The van der Waals surface area contributed by atoms with Crippen molar-refractivity contribution >= 4 is 5.69 Å². The Morgan fingerprint density at radius 1 is 1.15 bits per heavy atom. The molecule has 2 aliphatic rings. The number of anilines is 1. The third-order valence-electron chi connectivity index (χ3n) is 5.75. The van der Waals surface area contributed by atoms with Crippen LogP contribution in [0.1, 0.15) is 37.6 Å². The van der Waals surface area contributed by atoms with Crippen molar-refractivity contribution in [1.82, 2.24) is 19.9 Å². The van der Waals surface area contributed by atoms with Crippen LogP contribution in [-0.4, -0.2) is 46.8 Å². The normalized spacial score (nSPS) is 24.7. The third-order valence-corrected chi connectivity index (χ3v) is 5.75. The molecule has 2 aromatic heterocycles. The molecule has 0 radical (unpaired) electrons. The van der Waals surface area contributed by atoms with E-state index in [1.165, 1.54) is 24.9 Å². The van der Waals surface area contributed by atoms with Gasteiger partial charge in [0.2, 0.25) is 0 Å². The first-order valence-corrected chi connectivity index (χ1v) is 9.78. The highest BCUT2D eigenvalue weighted by Gasteiger charge is 2.31. The van der Waals surface area contributed by atoms with Crippen molar-refractivity contribution in [2.75, 3.05) is 31.1 Å². The van der Waals surface area contributed by atoms with Gasteiger partial charge >= 0.3 is 0 Å². The Balaban J connectivity index is 1.29. The Morgan fingerprint density at radius 2 is 1.96 bits per heavy atom. The summed E-state index contributed by atoms with van der Waals surface area (Å²) in [6.07, 6.45) is 12.5. The maximum atomic E-state index is 6.09. The fourth-order valence-corrected chi connectivity index (χ4v) is 4.20. The van der Waals surface area contributed by atoms with Gasteiger partial charge in [0.1, 0.15) is 11.9 Å². The molecule has 0 spiro atoms. The largest absolute Gasteiger partial charge is 0.371 e. The lowest BCUT2D eigenvalue weighted by atomic mass is 9.92. The Morgan fingerprint density at radius 3 is 2.69 bits per heavy atom. The van der Waals surface area contributed by atoms with E-state index in [1.54, 1.807) is 0 Å². The average molecular weight is 355 g/mol. The van der Waals surface area contributed by atoms with Crippen LogP contribution < -0.4 is 10.2 Å². The molecule has 4 rings (SSSR count). The number of pyridine rings is 1. The molecule has 0 aliphatic carbocycles. The van der Waals surface area contributed by atoms with E-state index in [2.05, 4.69) is 43.9 Å². The molecule has 0 aromatic carbocycles. The van der Waals surface area contributed by atoms with Crippen LogP contribution in [-0.2, 0) is 11.8 Å². The van der Waals surface area contributed by atoms with Gasteiger partial charge in [-0.3, -0.25) is 4.98 Å². The molecular formula is C20H29N5O. The molecule has 2 aliphatic heterocycles. The minimum atomic E-state index is 0.119. The maximum absolute atomic E-state index is 6.09. The van der Waals surface area contributed by atoms with E-state index >= 15 is 0 Å². The molecule has 2 fully saturated rings. The Bertz CT molecular complexity index is 681. The topological polar surface area (TPSA) is 55.2 Å². The van der Waals surface area contributed by atoms with Crippen LogP contribution in [0.15, 0.2) is 36.9 Å². The summed E-state index contributed by atoms with van der Waals surface area (Å²) in [7, 11) is 2.06. The summed E-state index contributed by atoms with van der Waals surface area (Å²) < 4.78 is 8.19. The first-order chi connectivity index (χ1) is 12.8. The van der Waals surface area contributed by atoms with Crippen LogP contribution in [0.25, 0.3) is 0 Å². The van der Waals surface area contributed by atoms with Crippen LogP contribution in [0.2, 0.25) is 0 Å². The molecule has 0 bridgehead atoms. The number of hydrogen-bond acceptors (Lipinski definition) is 5. The third kappa shape index (κ3) is 3.91. The van der Waals surface area contributed by atoms with Gasteiger partial charge in [-0.1, -0.05) is 0 Å². The number of imidazole rings is 1. The van der Waals surface area contributed by atoms with E-state index in [0.717, 1.165) is 38.5 Å². The Kier molecular flexibility index (Phi) is 5.51. The van der Waals surface area contributed by atoms with E-state index in [9.17, 15) is 0 Å². The van der Waals surface area contributed by atoms with Gasteiger partial charge in [0.05, 0.1) is 0 Å². The number of aryl methyl sites for hydroxylation is 1. The lowest BCUT2D eigenvalue weighted by Gasteiger charge is -2.36. The Labute approximate surface area is 155 Å². The molecule has 4 heterocycles. The highest BCUT2D eigenvalue weighted by Crippen LogP contribution is 2.32. The Hall–Kier alpha value is -1.92. The summed E-state index contributed by atoms with van der Waals surface area (Å²) in [5.74, 6) is 1.56. The molecule has 0 amide bonds. The SMILES string of the molecule is Cn1ccnc1C1OCCCC1CNC1CCN(c2ccncc2)CC1. The van der Waals surface area contributed by atoms with Gasteiger partial charge in [0.15, 0.2) is 0 Å². The number of hydrogen-bond donors (Lipinski definition) is 1. The zero-order valence-corrected chi connectivity index (χ0v) is 15.6. The highest BCUT2D eigenvalue weighted by atomic mass is 16.5. The minimum Gasteiger partial charge on any atom is -0.371 e. The van der Waals surface area contributed by atoms with Crippen LogP contribution in [0, 0.1) is 5.92 Å². The molecule has 26 heavy (non-hydrogen) atoms. The summed E-state index contributed by atoms with van der Waals surface area (Å²) in [6, 6.07) is 4.80. The molecule has 2 atom stereocenters. The van der Waals surface area contributed by atoms with Crippen molar-refractivity contribution in [3.05, 3.63) is 42.7 Å². The average Bonchev–Trinajstić information content (AvgIpc) is 3.13. The highest BCUT2D eigenvalue weighted by molar-refractivity contribution is 5.44. The number of aromatic nitrogens is 3. The van der Waals surface area contributed by atoms with Crippen LogP contribution >= 0.6 is 0 Å². The maximum Gasteiger partial charge on any atom is 0.137 e. The van der Waals surface area contributed by atoms with Crippen molar-refractivity contribution in [2.45, 2.75) is 37.8 Å². The molecule has 0 saturated carbocycles. The van der Waals surface area contributed by atoms with Crippen molar-refractivity contribution in [2.24, 2.45) is 13.0 Å². The summed E-state index contributed by atoms with van der Waals surface area (Å²) >= 11 is 0. The van der Waals surface area contributed by atoms with Gasteiger partial charge in [-0.2, -0.15) is 0 Å². The fraction of sp³-hybridized carbons (Fsp3) is 0.600.